The molecule has 6 heteroatoms. The Morgan fingerprint density at radius 3 is 2.21 bits per heavy atom. The molecule has 1 amide bonds. The number of rotatable bonds is 7. The predicted molar refractivity (Wildman–Crippen MR) is 97.8 cm³/mol. The van der Waals surface area contributed by atoms with Crippen LogP contribution in [-0.4, -0.2) is 19.1 Å². The summed E-state index contributed by atoms with van der Waals surface area (Å²) in [5.41, 5.74) is 1.02. The van der Waals surface area contributed by atoms with Crippen LogP contribution in [0.25, 0.3) is 0 Å². The molecule has 0 aliphatic heterocycles. The van der Waals surface area contributed by atoms with Crippen molar-refractivity contribution in [1.29, 1.82) is 0 Å². The molecule has 0 aliphatic carbocycles. The highest BCUT2D eigenvalue weighted by molar-refractivity contribution is 6.37. The number of hydrogen-bond acceptors (Lipinski definition) is 3. The van der Waals surface area contributed by atoms with E-state index in [1.54, 1.807) is 36.4 Å². The molecule has 1 N–H and O–H groups in total. The normalized spacial score (nSPS) is 10.3. The first-order chi connectivity index (χ1) is 11.5. The second-order valence-corrected chi connectivity index (χ2v) is 5.84. The Morgan fingerprint density at radius 1 is 1.04 bits per heavy atom. The van der Waals surface area contributed by atoms with Gasteiger partial charge in [0, 0.05) is 11.3 Å². The first-order valence-corrected chi connectivity index (χ1v) is 8.46. The molecule has 0 unspecified atom stereocenters. The smallest absolute Gasteiger partial charge is 0.255 e. The lowest BCUT2D eigenvalue weighted by Gasteiger charge is -2.12. The van der Waals surface area contributed by atoms with Crippen LogP contribution in [-0.2, 0) is 0 Å². The van der Waals surface area contributed by atoms with Crippen LogP contribution in [0.15, 0.2) is 36.4 Å². The molecule has 0 spiro atoms. The van der Waals surface area contributed by atoms with E-state index in [0.717, 1.165) is 12.2 Å². The van der Waals surface area contributed by atoms with Gasteiger partial charge < -0.3 is 14.8 Å². The van der Waals surface area contributed by atoms with Gasteiger partial charge in [-0.2, -0.15) is 0 Å². The van der Waals surface area contributed by atoms with Crippen LogP contribution in [0.1, 0.15) is 30.6 Å². The predicted octanol–water partition coefficient (Wildman–Crippen LogP) is 5.43. The van der Waals surface area contributed by atoms with Crippen molar-refractivity contribution in [3.63, 3.8) is 0 Å². The fraction of sp³-hybridized carbons (Fsp3) is 0.278. The number of hydrogen-bond donors (Lipinski definition) is 1. The van der Waals surface area contributed by atoms with Gasteiger partial charge in [0.05, 0.1) is 23.3 Å². The van der Waals surface area contributed by atoms with Crippen LogP contribution in [0.4, 0.5) is 5.69 Å². The lowest BCUT2D eigenvalue weighted by Crippen LogP contribution is -2.12. The van der Waals surface area contributed by atoms with Crippen molar-refractivity contribution < 1.29 is 14.3 Å². The lowest BCUT2D eigenvalue weighted by molar-refractivity contribution is 0.102. The van der Waals surface area contributed by atoms with E-state index < -0.39 is 0 Å². The van der Waals surface area contributed by atoms with E-state index in [1.165, 1.54) is 0 Å². The monoisotopic (exact) mass is 367 g/mol. The summed E-state index contributed by atoms with van der Waals surface area (Å²) in [6, 6.07) is 10.2. The molecule has 0 saturated heterocycles. The van der Waals surface area contributed by atoms with E-state index in [1.807, 2.05) is 13.8 Å². The van der Waals surface area contributed by atoms with E-state index >= 15 is 0 Å². The summed E-state index contributed by atoms with van der Waals surface area (Å²) in [6.45, 7) is 5.00. The number of carbonyl (C=O) groups excluding carboxylic acids is 1. The maximum Gasteiger partial charge on any atom is 0.255 e. The number of nitrogens with one attached hydrogen (secondary N) is 1. The third kappa shape index (κ3) is 4.79. The summed E-state index contributed by atoms with van der Waals surface area (Å²) in [4.78, 5) is 12.4. The zero-order valence-electron chi connectivity index (χ0n) is 13.6. The van der Waals surface area contributed by atoms with Crippen molar-refractivity contribution in [3.8, 4) is 11.5 Å². The van der Waals surface area contributed by atoms with Crippen LogP contribution in [0.2, 0.25) is 10.0 Å². The largest absolute Gasteiger partial charge is 0.494 e. The van der Waals surface area contributed by atoms with Crippen LogP contribution < -0.4 is 14.8 Å². The van der Waals surface area contributed by atoms with E-state index in [4.69, 9.17) is 32.7 Å². The Kier molecular flexibility index (Phi) is 6.76. The second-order valence-electron chi connectivity index (χ2n) is 5.03. The van der Waals surface area contributed by atoms with Gasteiger partial charge >= 0.3 is 0 Å². The summed E-state index contributed by atoms with van der Waals surface area (Å²) >= 11 is 12.3. The molecule has 0 fully saturated rings. The molecule has 4 nitrogen and oxygen atoms in total. The number of carbonyl (C=O) groups is 1. The van der Waals surface area contributed by atoms with E-state index in [2.05, 4.69) is 5.32 Å². The topological polar surface area (TPSA) is 47.6 Å². The molecule has 0 aromatic heterocycles. The van der Waals surface area contributed by atoms with Gasteiger partial charge in [-0.1, -0.05) is 30.1 Å². The molecule has 2 aromatic carbocycles. The zero-order chi connectivity index (χ0) is 17.5. The quantitative estimate of drug-likeness (QED) is 0.709. The van der Waals surface area contributed by atoms with Gasteiger partial charge in [0.25, 0.3) is 5.91 Å². The average Bonchev–Trinajstić information content (AvgIpc) is 2.56. The van der Waals surface area contributed by atoms with Crippen molar-refractivity contribution >= 4 is 34.8 Å². The van der Waals surface area contributed by atoms with Gasteiger partial charge in [-0.15, -0.1) is 0 Å². The molecule has 2 aromatic rings. The van der Waals surface area contributed by atoms with Crippen molar-refractivity contribution in [1.82, 2.24) is 0 Å². The van der Waals surface area contributed by atoms with Crippen molar-refractivity contribution in [2.45, 2.75) is 20.3 Å². The molecule has 128 valence electrons. The highest BCUT2D eigenvalue weighted by atomic mass is 35.5. The van der Waals surface area contributed by atoms with Crippen LogP contribution in [0, 0.1) is 0 Å². The standard InChI is InChI=1S/C18H19Cl2NO3/c1-3-9-24-17-15(19)10-12(11-16(17)20)18(22)21-13-5-7-14(8-6-13)23-4-2/h5-8,10-11H,3-4,9H2,1-2H3,(H,21,22). The van der Waals surface area contributed by atoms with E-state index in [9.17, 15) is 4.79 Å². The number of amides is 1. The molecule has 0 saturated carbocycles. The molecule has 0 bridgehead atoms. The van der Waals surface area contributed by atoms with Gasteiger partial charge in [-0.3, -0.25) is 4.79 Å². The molecule has 0 radical (unpaired) electrons. The minimum atomic E-state index is -0.301. The Hall–Kier alpha value is -1.91. The minimum Gasteiger partial charge on any atom is -0.494 e. The highest BCUT2D eigenvalue weighted by Crippen LogP contribution is 2.34. The molecule has 24 heavy (non-hydrogen) atoms. The lowest BCUT2D eigenvalue weighted by atomic mass is 10.2. The third-order valence-electron chi connectivity index (χ3n) is 3.13. The van der Waals surface area contributed by atoms with Crippen LogP contribution in [0.5, 0.6) is 11.5 Å². The molecular formula is C18H19Cl2NO3. The van der Waals surface area contributed by atoms with Gasteiger partial charge in [-0.05, 0) is 49.7 Å². The zero-order valence-corrected chi connectivity index (χ0v) is 15.1. The summed E-state index contributed by atoms with van der Waals surface area (Å²) in [5.74, 6) is 0.849. The maximum absolute atomic E-state index is 12.4. The van der Waals surface area contributed by atoms with E-state index in [-0.39, 0.29) is 5.91 Å². The highest BCUT2D eigenvalue weighted by Gasteiger charge is 2.14. The first kappa shape index (κ1) is 18.4. The fourth-order valence-electron chi connectivity index (χ4n) is 2.04. The first-order valence-electron chi connectivity index (χ1n) is 7.71. The maximum atomic E-state index is 12.4. The third-order valence-corrected chi connectivity index (χ3v) is 3.70. The average molecular weight is 368 g/mol. The van der Waals surface area contributed by atoms with Crippen LogP contribution in [0.3, 0.4) is 0 Å². The Labute approximate surface area is 151 Å². The Balaban J connectivity index is 2.11. The Bertz CT molecular complexity index is 679. The van der Waals surface area contributed by atoms with E-state index in [0.29, 0.717) is 40.3 Å². The van der Waals surface area contributed by atoms with Gasteiger partial charge in [0.1, 0.15) is 5.75 Å². The molecular weight excluding hydrogens is 349 g/mol. The van der Waals surface area contributed by atoms with Crippen molar-refractivity contribution in [2.24, 2.45) is 0 Å². The summed E-state index contributed by atoms with van der Waals surface area (Å²) in [6.07, 6.45) is 0.840. The number of benzene rings is 2. The van der Waals surface area contributed by atoms with Crippen molar-refractivity contribution in [2.75, 3.05) is 18.5 Å². The minimum absolute atomic E-state index is 0.301. The van der Waals surface area contributed by atoms with Gasteiger partial charge in [0.15, 0.2) is 5.75 Å². The molecule has 0 aliphatic rings. The van der Waals surface area contributed by atoms with Gasteiger partial charge in [0.2, 0.25) is 0 Å². The second kappa shape index (κ2) is 8.81. The summed E-state index contributed by atoms with van der Waals surface area (Å²) in [7, 11) is 0. The molecule has 0 heterocycles. The molecule has 0 atom stereocenters. The number of anilines is 1. The molecule has 2 rings (SSSR count). The summed E-state index contributed by atoms with van der Waals surface area (Å²) in [5, 5.41) is 3.42. The number of halogens is 2. The van der Waals surface area contributed by atoms with Gasteiger partial charge in [-0.25, -0.2) is 0 Å². The Morgan fingerprint density at radius 2 is 1.67 bits per heavy atom. The summed E-state index contributed by atoms with van der Waals surface area (Å²) < 4.78 is 10.9. The SMILES string of the molecule is CCCOc1c(Cl)cc(C(=O)Nc2ccc(OCC)cc2)cc1Cl. The fourth-order valence-corrected chi connectivity index (χ4v) is 2.63. The number of ether oxygens (including phenoxy) is 2. The van der Waals surface area contributed by atoms with Crippen LogP contribution >= 0.6 is 23.2 Å². The van der Waals surface area contributed by atoms with Crippen molar-refractivity contribution in [3.05, 3.63) is 52.0 Å².